The molecule has 2 rings (SSSR count). The molecule has 0 saturated heterocycles. The first-order chi connectivity index (χ1) is 9.08. The van der Waals surface area contributed by atoms with Crippen molar-refractivity contribution >= 4 is 0 Å². The van der Waals surface area contributed by atoms with Gasteiger partial charge in [-0.1, -0.05) is 19.1 Å². The fourth-order valence-corrected chi connectivity index (χ4v) is 2.04. The van der Waals surface area contributed by atoms with Crippen LogP contribution in [0.25, 0.3) is 5.69 Å². The second-order valence-corrected chi connectivity index (χ2v) is 4.62. The van der Waals surface area contributed by atoms with E-state index < -0.39 is 0 Å². The van der Waals surface area contributed by atoms with Gasteiger partial charge in [0.2, 0.25) is 0 Å². The molecule has 0 unspecified atom stereocenters. The molecule has 3 nitrogen and oxygen atoms in total. The average molecular weight is 252 g/mol. The Morgan fingerprint density at radius 2 is 1.84 bits per heavy atom. The molecular formula is C16H16N2O. The van der Waals surface area contributed by atoms with Crippen LogP contribution in [-0.4, -0.2) is 4.57 Å². The summed E-state index contributed by atoms with van der Waals surface area (Å²) < 4.78 is 1.54. The lowest BCUT2D eigenvalue weighted by Crippen LogP contribution is -2.22. The maximum absolute atomic E-state index is 12.3. The van der Waals surface area contributed by atoms with E-state index in [1.807, 2.05) is 37.3 Å². The zero-order chi connectivity index (χ0) is 14.0. The van der Waals surface area contributed by atoms with Gasteiger partial charge in [-0.05, 0) is 49.1 Å². The third-order valence-corrected chi connectivity index (χ3v) is 3.46. The number of hydrogen-bond acceptors (Lipinski definition) is 2. The van der Waals surface area contributed by atoms with Gasteiger partial charge in [-0.3, -0.25) is 9.36 Å². The Balaban J connectivity index is 2.66. The predicted octanol–water partition coefficient (Wildman–Crippen LogP) is 2.89. The topological polar surface area (TPSA) is 45.8 Å². The molecule has 0 atom stereocenters. The molecule has 0 fully saturated rings. The molecule has 0 bridgehead atoms. The summed E-state index contributed by atoms with van der Waals surface area (Å²) in [6, 6.07) is 9.84. The van der Waals surface area contributed by atoms with Crippen molar-refractivity contribution in [3.63, 3.8) is 0 Å². The minimum atomic E-state index is -0.255. The number of aromatic nitrogens is 1. The second-order valence-electron chi connectivity index (χ2n) is 4.62. The van der Waals surface area contributed by atoms with E-state index in [2.05, 4.69) is 6.92 Å². The number of pyridine rings is 1. The molecular weight excluding hydrogens is 236 g/mol. The summed E-state index contributed by atoms with van der Waals surface area (Å²) >= 11 is 0. The van der Waals surface area contributed by atoms with Gasteiger partial charge in [-0.2, -0.15) is 5.26 Å². The number of rotatable bonds is 2. The number of benzene rings is 1. The second kappa shape index (κ2) is 5.11. The molecule has 1 aromatic heterocycles. The summed E-state index contributed by atoms with van der Waals surface area (Å²) in [6.07, 6.45) is 2.75. The molecule has 0 aliphatic heterocycles. The van der Waals surface area contributed by atoms with E-state index in [4.69, 9.17) is 5.26 Å². The standard InChI is InChI=1S/C16H16N2O/c1-4-13-5-7-14(8-6-13)18-10-11(2)12(3)15(9-17)16(18)19/h5-8,10H,4H2,1-3H3. The molecule has 3 heteroatoms. The lowest BCUT2D eigenvalue weighted by Gasteiger charge is -2.10. The highest BCUT2D eigenvalue weighted by atomic mass is 16.1. The fourth-order valence-electron chi connectivity index (χ4n) is 2.04. The smallest absolute Gasteiger partial charge is 0.273 e. The van der Waals surface area contributed by atoms with Crippen LogP contribution in [0, 0.1) is 25.2 Å². The van der Waals surface area contributed by atoms with Crippen molar-refractivity contribution < 1.29 is 0 Å². The van der Waals surface area contributed by atoms with E-state index >= 15 is 0 Å². The molecule has 19 heavy (non-hydrogen) atoms. The zero-order valence-electron chi connectivity index (χ0n) is 11.4. The van der Waals surface area contributed by atoms with Crippen molar-refractivity contribution in [2.75, 3.05) is 0 Å². The summed E-state index contributed by atoms with van der Waals surface area (Å²) in [5.41, 5.74) is 3.68. The lowest BCUT2D eigenvalue weighted by molar-refractivity contribution is 0.953. The minimum Gasteiger partial charge on any atom is -0.283 e. The summed E-state index contributed by atoms with van der Waals surface area (Å²) in [5.74, 6) is 0. The Bertz CT molecular complexity index is 703. The van der Waals surface area contributed by atoms with Gasteiger partial charge in [0.25, 0.3) is 5.56 Å². The highest BCUT2D eigenvalue weighted by Gasteiger charge is 2.10. The Morgan fingerprint density at radius 3 is 2.37 bits per heavy atom. The van der Waals surface area contributed by atoms with Crippen molar-refractivity contribution in [3.05, 3.63) is 63.1 Å². The molecule has 1 heterocycles. The van der Waals surface area contributed by atoms with Gasteiger partial charge >= 0.3 is 0 Å². The molecule has 2 aromatic rings. The monoisotopic (exact) mass is 252 g/mol. The molecule has 0 saturated carbocycles. The molecule has 0 radical (unpaired) electrons. The Kier molecular flexibility index (Phi) is 3.52. The molecule has 0 spiro atoms. The van der Waals surface area contributed by atoms with Crippen LogP contribution in [0.2, 0.25) is 0 Å². The molecule has 0 amide bonds. The predicted molar refractivity (Wildman–Crippen MR) is 75.6 cm³/mol. The first-order valence-corrected chi connectivity index (χ1v) is 6.30. The van der Waals surface area contributed by atoms with Crippen molar-refractivity contribution in [1.29, 1.82) is 5.26 Å². The van der Waals surface area contributed by atoms with Crippen molar-refractivity contribution in [3.8, 4) is 11.8 Å². The van der Waals surface area contributed by atoms with Crippen molar-refractivity contribution in [2.24, 2.45) is 0 Å². The number of aryl methyl sites for hydroxylation is 2. The first kappa shape index (κ1) is 13.1. The van der Waals surface area contributed by atoms with Gasteiger partial charge in [0.05, 0.1) is 0 Å². The minimum absolute atomic E-state index is 0.222. The average Bonchev–Trinajstić information content (AvgIpc) is 2.44. The van der Waals surface area contributed by atoms with E-state index in [0.29, 0.717) is 0 Å². The number of nitriles is 1. The van der Waals surface area contributed by atoms with E-state index in [9.17, 15) is 4.79 Å². The van der Waals surface area contributed by atoms with Gasteiger partial charge in [0.1, 0.15) is 11.6 Å². The number of hydrogen-bond donors (Lipinski definition) is 0. The summed E-state index contributed by atoms with van der Waals surface area (Å²) in [5, 5.41) is 9.11. The first-order valence-electron chi connectivity index (χ1n) is 6.30. The zero-order valence-corrected chi connectivity index (χ0v) is 11.4. The van der Waals surface area contributed by atoms with Crippen LogP contribution in [0.1, 0.15) is 29.2 Å². The normalized spacial score (nSPS) is 10.2. The van der Waals surface area contributed by atoms with Crippen LogP contribution in [0.4, 0.5) is 0 Å². The maximum atomic E-state index is 12.3. The van der Waals surface area contributed by atoms with Crippen LogP contribution < -0.4 is 5.56 Å². The van der Waals surface area contributed by atoms with Crippen LogP contribution in [-0.2, 0) is 6.42 Å². The van der Waals surface area contributed by atoms with Crippen LogP contribution in [0.5, 0.6) is 0 Å². The van der Waals surface area contributed by atoms with Gasteiger partial charge in [0, 0.05) is 11.9 Å². The largest absolute Gasteiger partial charge is 0.283 e. The number of nitrogens with zero attached hydrogens (tertiary/aromatic N) is 2. The molecule has 96 valence electrons. The van der Waals surface area contributed by atoms with Gasteiger partial charge in [0.15, 0.2) is 0 Å². The van der Waals surface area contributed by atoms with Crippen LogP contribution in [0.15, 0.2) is 35.3 Å². The Labute approximate surface area is 112 Å². The summed E-state index contributed by atoms with van der Waals surface area (Å²) in [7, 11) is 0. The van der Waals surface area contributed by atoms with E-state index in [1.54, 1.807) is 17.7 Å². The third-order valence-electron chi connectivity index (χ3n) is 3.46. The Hall–Kier alpha value is -2.34. The molecule has 1 aromatic carbocycles. The quantitative estimate of drug-likeness (QED) is 0.825. The highest BCUT2D eigenvalue weighted by molar-refractivity contribution is 5.43. The van der Waals surface area contributed by atoms with Gasteiger partial charge in [-0.15, -0.1) is 0 Å². The maximum Gasteiger partial charge on any atom is 0.273 e. The highest BCUT2D eigenvalue weighted by Crippen LogP contribution is 2.13. The Morgan fingerprint density at radius 1 is 1.21 bits per heavy atom. The van der Waals surface area contributed by atoms with Gasteiger partial charge in [-0.25, -0.2) is 0 Å². The van der Waals surface area contributed by atoms with Crippen LogP contribution >= 0.6 is 0 Å². The molecule has 0 aliphatic carbocycles. The summed E-state index contributed by atoms with van der Waals surface area (Å²) in [6.45, 7) is 5.80. The summed E-state index contributed by atoms with van der Waals surface area (Å²) in [4.78, 5) is 12.3. The molecule has 0 aliphatic rings. The van der Waals surface area contributed by atoms with Gasteiger partial charge < -0.3 is 0 Å². The van der Waals surface area contributed by atoms with Crippen LogP contribution in [0.3, 0.4) is 0 Å². The van der Waals surface area contributed by atoms with Crippen molar-refractivity contribution in [2.45, 2.75) is 27.2 Å². The fraction of sp³-hybridized carbons (Fsp3) is 0.250. The molecule has 0 N–H and O–H groups in total. The lowest BCUT2D eigenvalue weighted by atomic mass is 10.1. The van der Waals surface area contributed by atoms with Crippen molar-refractivity contribution in [1.82, 2.24) is 4.57 Å². The van der Waals surface area contributed by atoms with E-state index in [1.165, 1.54) is 5.56 Å². The third kappa shape index (κ3) is 2.30. The SMILES string of the molecule is CCc1ccc(-n2cc(C)c(C)c(C#N)c2=O)cc1. The van der Waals surface area contributed by atoms with E-state index in [-0.39, 0.29) is 11.1 Å². The van der Waals surface area contributed by atoms with E-state index in [0.717, 1.165) is 23.2 Å².